The van der Waals surface area contributed by atoms with Gasteiger partial charge in [0.1, 0.15) is 0 Å². The first kappa shape index (κ1) is 28.4. The zero-order valence-corrected chi connectivity index (χ0v) is 22.7. The van der Waals surface area contributed by atoms with Crippen LogP contribution in [0.4, 0.5) is 0 Å². The number of imidazole rings is 1. The number of hydrogen-bond donors (Lipinski definition) is 1. The number of aromatic nitrogens is 3. The number of aliphatic hydroxyl groups excluding tert-OH is 1. The summed E-state index contributed by atoms with van der Waals surface area (Å²) >= 11 is 0. The van der Waals surface area contributed by atoms with Crippen LogP contribution in [-0.2, 0) is 31.9 Å². The number of benzene rings is 3. The minimum atomic E-state index is -0.125. The molecule has 0 saturated heterocycles. The van der Waals surface area contributed by atoms with Crippen molar-refractivity contribution in [3.8, 4) is 16.9 Å². The van der Waals surface area contributed by atoms with Gasteiger partial charge in [0, 0.05) is 24.7 Å². The molecule has 0 fully saturated rings. The second kappa shape index (κ2) is 14.5. The van der Waals surface area contributed by atoms with Gasteiger partial charge in [-0.15, -0.1) is 35.9 Å². The first-order chi connectivity index (χ1) is 16.9. The van der Waals surface area contributed by atoms with E-state index in [-0.39, 0.29) is 31.6 Å². The third kappa shape index (κ3) is 8.73. The fraction of sp³-hybridized carbons (Fsp3) is 0.100. The fourth-order valence-electron chi connectivity index (χ4n) is 3.24. The minimum absolute atomic E-state index is 0. The number of aryl methyl sites for hydroxylation is 1. The molecule has 0 aliphatic carbocycles. The molecule has 0 atom stereocenters. The summed E-state index contributed by atoms with van der Waals surface area (Å²) in [5.74, 6) is -0.0625. The van der Waals surface area contributed by atoms with E-state index >= 15 is 0 Å². The molecule has 0 amide bonds. The Morgan fingerprint density at radius 2 is 1.67 bits per heavy atom. The van der Waals surface area contributed by atoms with E-state index in [2.05, 4.69) is 35.6 Å². The molecule has 0 bridgehead atoms. The Kier molecular flexibility index (Phi) is 11.4. The number of allylic oxidation sites excluding steroid dienone is 2. The number of para-hydroxylation sites is 1. The number of hydrogen-bond acceptors (Lipinski definition) is 3. The molecule has 3 aromatic carbocycles. The van der Waals surface area contributed by atoms with Crippen molar-refractivity contribution in [2.24, 2.45) is 7.05 Å². The van der Waals surface area contributed by atoms with E-state index in [1.54, 1.807) is 0 Å². The van der Waals surface area contributed by atoms with Crippen LogP contribution in [0.25, 0.3) is 27.7 Å². The second-order valence-electron chi connectivity index (χ2n) is 7.68. The van der Waals surface area contributed by atoms with Gasteiger partial charge in [0.05, 0.1) is 12.8 Å². The monoisotopic (exact) mass is 654 g/mol. The number of ketones is 1. The van der Waals surface area contributed by atoms with Crippen LogP contribution in [0, 0.1) is 18.5 Å². The standard InChI is InChI=1S/C15H10N.C10H9N2.C5H8O2.Ir/c1-2-7-13(8-3-1)15-14-9-5-4-6-12(14)10-11-16-15;1-11-7-8-12(9-11)10-5-3-2-4-6-10;1-4(6)3-5(2)7;/h1-7,9-11H;2-5,7-8H,1H3;3,6H,1-2H3;/q2*-1;;+3/b;;4-3-;. The molecule has 5 nitrogen and oxygen atoms in total. The van der Waals surface area contributed by atoms with Crippen molar-refractivity contribution in [2.75, 3.05) is 0 Å². The van der Waals surface area contributed by atoms with Gasteiger partial charge >= 0.3 is 20.1 Å². The molecule has 6 heteroatoms. The van der Waals surface area contributed by atoms with Crippen LogP contribution in [0.3, 0.4) is 0 Å². The van der Waals surface area contributed by atoms with Crippen molar-refractivity contribution in [1.29, 1.82) is 0 Å². The average Bonchev–Trinajstić information content (AvgIpc) is 3.31. The van der Waals surface area contributed by atoms with Gasteiger partial charge in [-0.2, -0.15) is 30.3 Å². The number of carbonyl (C=O) groups is 1. The van der Waals surface area contributed by atoms with Crippen molar-refractivity contribution in [1.82, 2.24) is 9.55 Å². The predicted molar refractivity (Wildman–Crippen MR) is 138 cm³/mol. The SMILES string of the molecule is CC(=O)/C=C(/C)O.C[n+]1[c-]n(-c2[c-]cccc2)cc1.[Ir+3].[c-]1ccccc1-c1nccc2ccccc12. The van der Waals surface area contributed by atoms with E-state index in [9.17, 15) is 4.79 Å². The van der Waals surface area contributed by atoms with Crippen molar-refractivity contribution in [3.63, 3.8) is 0 Å². The van der Waals surface area contributed by atoms with Gasteiger partial charge in [-0.05, 0) is 36.4 Å². The van der Waals surface area contributed by atoms with Crippen LogP contribution in [0.2, 0.25) is 0 Å². The van der Waals surface area contributed by atoms with Gasteiger partial charge < -0.3 is 19.2 Å². The van der Waals surface area contributed by atoms with Gasteiger partial charge in [0.15, 0.2) is 5.78 Å². The van der Waals surface area contributed by atoms with E-state index in [1.165, 1.54) is 30.7 Å². The molecular formula is C30H27IrN3O2+. The number of fused-ring (bicyclic) bond motifs is 1. The summed E-state index contributed by atoms with van der Waals surface area (Å²) in [5.41, 5.74) is 3.05. The maximum absolute atomic E-state index is 10.0. The molecule has 0 spiro atoms. The molecule has 5 aromatic rings. The van der Waals surface area contributed by atoms with E-state index in [0.717, 1.165) is 16.9 Å². The van der Waals surface area contributed by atoms with Crippen LogP contribution in [0.15, 0.2) is 109 Å². The predicted octanol–water partition coefficient (Wildman–Crippen LogP) is 5.64. The third-order valence-corrected chi connectivity index (χ3v) is 4.71. The Labute approximate surface area is 225 Å². The molecule has 36 heavy (non-hydrogen) atoms. The summed E-state index contributed by atoms with van der Waals surface area (Å²) in [5, 5.41) is 10.7. The summed E-state index contributed by atoms with van der Waals surface area (Å²) in [6.45, 7) is 2.85. The largest absolute Gasteiger partial charge is 3.00 e. The topological polar surface area (TPSA) is 59.0 Å². The normalized spacial score (nSPS) is 10.2. The van der Waals surface area contributed by atoms with Crippen molar-refractivity contribution < 1.29 is 34.6 Å². The van der Waals surface area contributed by atoms with E-state index in [4.69, 9.17) is 5.11 Å². The second-order valence-corrected chi connectivity index (χ2v) is 7.68. The first-order valence-corrected chi connectivity index (χ1v) is 11.1. The summed E-state index contributed by atoms with van der Waals surface area (Å²) in [7, 11) is 1.94. The zero-order chi connectivity index (χ0) is 25.0. The number of nitrogens with zero attached hydrogens (tertiary/aromatic N) is 3. The fourth-order valence-corrected chi connectivity index (χ4v) is 3.24. The Morgan fingerprint density at radius 3 is 2.22 bits per heavy atom. The molecule has 0 radical (unpaired) electrons. The van der Waals surface area contributed by atoms with Gasteiger partial charge in [-0.1, -0.05) is 30.0 Å². The molecule has 0 aliphatic heterocycles. The molecule has 182 valence electrons. The Balaban J connectivity index is 0.000000203. The van der Waals surface area contributed by atoms with Crippen LogP contribution in [0.1, 0.15) is 13.8 Å². The zero-order valence-electron chi connectivity index (χ0n) is 20.3. The summed E-state index contributed by atoms with van der Waals surface area (Å²) in [6.07, 6.45) is 10.0. The smallest absolute Gasteiger partial charge is 0.512 e. The number of rotatable bonds is 3. The van der Waals surface area contributed by atoms with Gasteiger partial charge in [0.2, 0.25) is 6.33 Å². The van der Waals surface area contributed by atoms with Crippen molar-refractivity contribution in [3.05, 3.63) is 128 Å². The number of carbonyl (C=O) groups excluding carboxylic acids is 1. The van der Waals surface area contributed by atoms with Crippen LogP contribution >= 0.6 is 0 Å². The van der Waals surface area contributed by atoms with Crippen molar-refractivity contribution >= 4 is 16.6 Å². The minimum Gasteiger partial charge on any atom is -0.512 e. The molecule has 0 unspecified atom stereocenters. The third-order valence-electron chi connectivity index (χ3n) is 4.71. The van der Waals surface area contributed by atoms with Crippen LogP contribution in [0.5, 0.6) is 0 Å². The molecule has 2 heterocycles. The molecule has 5 rings (SSSR count). The Bertz CT molecular complexity index is 1390. The van der Waals surface area contributed by atoms with Gasteiger partial charge in [0.25, 0.3) is 0 Å². The Hall–Kier alpha value is -3.86. The number of aliphatic hydroxyl groups is 1. The number of pyridine rings is 1. The summed E-state index contributed by atoms with van der Waals surface area (Å²) in [6, 6.07) is 32.4. The maximum Gasteiger partial charge on any atom is 3.00 e. The maximum atomic E-state index is 10.0. The quantitative estimate of drug-likeness (QED) is 0.119. The average molecular weight is 654 g/mol. The molecule has 0 aliphatic rings. The van der Waals surface area contributed by atoms with Crippen LogP contribution < -0.4 is 4.57 Å². The van der Waals surface area contributed by atoms with Crippen molar-refractivity contribution in [2.45, 2.75) is 13.8 Å². The summed E-state index contributed by atoms with van der Waals surface area (Å²) in [4.78, 5) is 14.5. The van der Waals surface area contributed by atoms with E-state index in [1.807, 2.05) is 102 Å². The molecule has 2 aromatic heterocycles. The van der Waals surface area contributed by atoms with Gasteiger partial charge in [-0.25, -0.2) is 0 Å². The van der Waals surface area contributed by atoms with Crippen LogP contribution in [-0.4, -0.2) is 20.4 Å². The van der Waals surface area contributed by atoms with Gasteiger partial charge in [-0.3, -0.25) is 4.79 Å². The first-order valence-electron chi connectivity index (χ1n) is 11.1. The Morgan fingerprint density at radius 1 is 0.972 bits per heavy atom. The van der Waals surface area contributed by atoms with E-state index < -0.39 is 0 Å². The summed E-state index contributed by atoms with van der Waals surface area (Å²) < 4.78 is 3.78. The molecule has 0 saturated carbocycles. The van der Waals surface area contributed by atoms with E-state index in [0.29, 0.717) is 0 Å². The molecule has 1 N–H and O–H groups in total. The molecular weight excluding hydrogens is 627 g/mol.